The third kappa shape index (κ3) is 3.14. The van der Waals surface area contributed by atoms with Crippen LogP contribution in [0, 0.1) is 5.92 Å². The van der Waals surface area contributed by atoms with Crippen molar-refractivity contribution >= 4 is 45.6 Å². The zero-order chi connectivity index (χ0) is 16.7. The summed E-state index contributed by atoms with van der Waals surface area (Å²) < 4.78 is 0. The van der Waals surface area contributed by atoms with Crippen LogP contribution in [-0.2, 0) is 9.59 Å². The number of hydrogen-bond donors (Lipinski definition) is 1. The van der Waals surface area contributed by atoms with Gasteiger partial charge < -0.3 is 10.2 Å². The number of rotatable bonds is 4. The highest BCUT2D eigenvalue weighted by Crippen LogP contribution is 2.42. The second-order valence-corrected chi connectivity index (χ2v) is 7.54. The highest BCUT2D eigenvalue weighted by Gasteiger charge is 2.36. The van der Waals surface area contributed by atoms with Gasteiger partial charge in [0.25, 0.3) is 0 Å². The standard InChI is InChI=1S/C16H15ClN4O2S/c17-11-3-5-12(6-4-11)21-8-10(7-13(21)22)14(23)18-16-20-19-15(24-16)9-1-2-9/h3-6,9-10H,1-2,7-8H2,(H,18,20,23)/t10-/m0/s1. The van der Waals surface area contributed by atoms with E-state index in [9.17, 15) is 9.59 Å². The van der Waals surface area contributed by atoms with Gasteiger partial charge in [-0.05, 0) is 37.1 Å². The van der Waals surface area contributed by atoms with E-state index in [1.165, 1.54) is 11.3 Å². The first kappa shape index (κ1) is 15.5. The van der Waals surface area contributed by atoms with Crippen LogP contribution in [0.3, 0.4) is 0 Å². The van der Waals surface area contributed by atoms with Gasteiger partial charge in [0, 0.05) is 29.6 Å². The van der Waals surface area contributed by atoms with E-state index in [0.717, 1.165) is 23.5 Å². The molecule has 24 heavy (non-hydrogen) atoms. The normalized spacial score (nSPS) is 20.5. The fourth-order valence-electron chi connectivity index (χ4n) is 2.74. The molecule has 1 aliphatic heterocycles. The number of hydrogen-bond acceptors (Lipinski definition) is 5. The summed E-state index contributed by atoms with van der Waals surface area (Å²) in [5.74, 6) is -0.116. The second kappa shape index (κ2) is 6.14. The number of benzene rings is 1. The molecule has 1 saturated carbocycles. The van der Waals surface area contributed by atoms with Gasteiger partial charge in [-0.2, -0.15) is 0 Å². The van der Waals surface area contributed by atoms with Gasteiger partial charge in [0.15, 0.2) is 0 Å². The molecule has 1 saturated heterocycles. The van der Waals surface area contributed by atoms with Gasteiger partial charge >= 0.3 is 0 Å². The predicted octanol–water partition coefficient (Wildman–Crippen LogP) is 3.06. The number of carbonyl (C=O) groups excluding carboxylic acids is 2. The van der Waals surface area contributed by atoms with E-state index in [-0.39, 0.29) is 24.2 Å². The Morgan fingerprint density at radius 3 is 2.71 bits per heavy atom. The van der Waals surface area contributed by atoms with Gasteiger partial charge in [-0.3, -0.25) is 9.59 Å². The highest BCUT2D eigenvalue weighted by atomic mass is 35.5. The fourth-order valence-corrected chi connectivity index (χ4v) is 3.78. The molecule has 1 aromatic heterocycles. The summed E-state index contributed by atoms with van der Waals surface area (Å²) >= 11 is 7.30. The lowest BCUT2D eigenvalue weighted by Gasteiger charge is -2.16. The molecule has 4 rings (SSSR count). The molecular formula is C16H15ClN4O2S. The topological polar surface area (TPSA) is 75.2 Å². The van der Waals surface area contributed by atoms with Crippen molar-refractivity contribution in [2.24, 2.45) is 5.92 Å². The van der Waals surface area contributed by atoms with Gasteiger partial charge in [0.05, 0.1) is 5.92 Å². The quantitative estimate of drug-likeness (QED) is 0.907. The van der Waals surface area contributed by atoms with Crippen LogP contribution in [0.25, 0.3) is 0 Å². The van der Waals surface area contributed by atoms with Crippen LogP contribution in [0.2, 0.25) is 5.02 Å². The lowest BCUT2D eigenvalue weighted by Crippen LogP contribution is -2.28. The maximum Gasteiger partial charge on any atom is 0.231 e. The number of anilines is 2. The van der Waals surface area contributed by atoms with E-state index in [2.05, 4.69) is 15.5 Å². The molecule has 8 heteroatoms. The molecule has 2 fully saturated rings. The Balaban J connectivity index is 1.41. The Morgan fingerprint density at radius 1 is 1.25 bits per heavy atom. The molecule has 2 aliphatic rings. The molecule has 1 atom stereocenters. The zero-order valence-corrected chi connectivity index (χ0v) is 14.3. The monoisotopic (exact) mass is 362 g/mol. The summed E-state index contributed by atoms with van der Waals surface area (Å²) in [4.78, 5) is 26.3. The molecule has 2 aromatic rings. The summed E-state index contributed by atoms with van der Waals surface area (Å²) in [6, 6.07) is 7.04. The van der Waals surface area contributed by atoms with Gasteiger partial charge in [-0.1, -0.05) is 22.9 Å². The first-order valence-corrected chi connectivity index (χ1v) is 9.00. The number of nitrogens with one attached hydrogen (secondary N) is 1. The van der Waals surface area contributed by atoms with Crippen LogP contribution in [0.1, 0.15) is 30.2 Å². The van der Waals surface area contributed by atoms with Gasteiger partial charge in [0.2, 0.25) is 16.9 Å². The average Bonchev–Trinajstić information content (AvgIpc) is 3.19. The molecule has 0 bridgehead atoms. The van der Waals surface area contributed by atoms with Gasteiger partial charge in [0.1, 0.15) is 5.01 Å². The van der Waals surface area contributed by atoms with E-state index in [4.69, 9.17) is 11.6 Å². The summed E-state index contributed by atoms with van der Waals surface area (Å²) in [5.41, 5.74) is 0.756. The lowest BCUT2D eigenvalue weighted by molar-refractivity contribution is -0.122. The molecule has 0 radical (unpaired) electrons. The van der Waals surface area contributed by atoms with Crippen molar-refractivity contribution in [1.82, 2.24) is 10.2 Å². The summed E-state index contributed by atoms with van der Waals surface area (Å²) in [6.07, 6.45) is 2.49. The molecule has 2 amide bonds. The third-order valence-corrected chi connectivity index (χ3v) is 5.48. The molecule has 1 aromatic carbocycles. The minimum absolute atomic E-state index is 0.0617. The maximum absolute atomic E-state index is 12.4. The second-order valence-electron chi connectivity index (χ2n) is 6.09. The van der Waals surface area contributed by atoms with Crippen molar-refractivity contribution in [3.8, 4) is 0 Å². The van der Waals surface area contributed by atoms with E-state index in [0.29, 0.717) is 22.6 Å². The molecular weight excluding hydrogens is 348 g/mol. The SMILES string of the molecule is O=C(Nc1nnc(C2CC2)s1)[C@H]1CC(=O)N(c2ccc(Cl)cc2)C1. The molecule has 0 spiro atoms. The van der Waals surface area contributed by atoms with Gasteiger partial charge in [-0.15, -0.1) is 10.2 Å². The summed E-state index contributed by atoms with van der Waals surface area (Å²) in [7, 11) is 0. The molecule has 2 heterocycles. The first-order valence-electron chi connectivity index (χ1n) is 7.80. The minimum Gasteiger partial charge on any atom is -0.312 e. The molecule has 1 aliphatic carbocycles. The van der Waals surface area contributed by atoms with Crippen LogP contribution >= 0.6 is 22.9 Å². The van der Waals surface area contributed by atoms with Crippen molar-refractivity contribution in [1.29, 1.82) is 0 Å². The number of aromatic nitrogens is 2. The summed E-state index contributed by atoms with van der Waals surface area (Å²) in [5, 5.41) is 13.0. The minimum atomic E-state index is -0.388. The predicted molar refractivity (Wildman–Crippen MR) is 92.4 cm³/mol. The van der Waals surface area contributed by atoms with Crippen LogP contribution < -0.4 is 10.2 Å². The Labute approximate surface area is 147 Å². The van der Waals surface area contributed by atoms with Crippen molar-refractivity contribution in [3.05, 3.63) is 34.3 Å². The Hall–Kier alpha value is -1.99. The van der Waals surface area contributed by atoms with Crippen molar-refractivity contribution in [3.63, 3.8) is 0 Å². The average molecular weight is 363 g/mol. The number of amides is 2. The maximum atomic E-state index is 12.4. The number of nitrogens with zero attached hydrogens (tertiary/aromatic N) is 3. The van der Waals surface area contributed by atoms with Crippen molar-refractivity contribution in [2.75, 3.05) is 16.8 Å². The Morgan fingerprint density at radius 2 is 2.00 bits per heavy atom. The fraction of sp³-hybridized carbons (Fsp3) is 0.375. The van der Waals surface area contributed by atoms with Crippen molar-refractivity contribution < 1.29 is 9.59 Å². The van der Waals surface area contributed by atoms with Crippen LogP contribution in [0.4, 0.5) is 10.8 Å². The number of halogens is 1. The molecule has 1 N–H and O–H groups in total. The Bertz CT molecular complexity index is 788. The zero-order valence-electron chi connectivity index (χ0n) is 12.7. The largest absolute Gasteiger partial charge is 0.312 e. The van der Waals surface area contributed by atoms with E-state index < -0.39 is 0 Å². The van der Waals surface area contributed by atoms with E-state index >= 15 is 0 Å². The molecule has 6 nitrogen and oxygen atoms in total. The smallest absolute Gasteiger partial charge is 0.231 e. The summed E-state index contributed by atoms with van der Waals surface area (Å²) in [6.45, 7) is 0.362. The van der Waals surface area contributed by atoms with Crippen LogP contribution in [0.5, 0.6) is 0 Å². The molecule has 124 valence electrons. The van der Waals surface area contributed by atoms with Gasteiger partial charge in [-0.25, -0.2) is 0 Å². The highest BCUT2D eigenvalue weighted by molar-refractivity contribution is 7.15. The van der Waals surface area contributed by atoms with Crippen LogP contribution in [-0.4, -0.2) is 28.6 Å². The third-order valence-electron chi connectivity index (χ3n) is 4.23. The number of carbonyl (C=O) groups is 2. The lowest BCUT2D eigenvalue weighted by atomic mass is 10.1. The molecule has 0 unspecified atom stereocenters. The van der Waals surface area contributed by atoms with Crippen molar-refractivity contribution in [2.45, 2.75) is 25.2 Å². The van der Waals surface area contributed by atoms with Crippen LogP contribution in [0.15, 0.2) is 24.3 Å². The van der Waals surface area contributed by atoms with E-state index in [1.54, 1.807) is 29.2 Å². The first-order chi connectivity index (χ1) is 11.6. The Kier molecular flexibility index (Phi) is 3.97. The van der Waals surface area contributed by atoms with E-state index in [1.807, 2.05) is 0 Å².